The molecule has 4 aromatic carbocycles. The molecular weight excluding hydrogens is 374 g/mol. The fraction of sp³-hybridized carbons (Fsp3) is 0. The summed E-state index contributed by atoms with van der Waals surface area (Å²) in [6.45, 7) is -1.96. The van der Waals surface area contributed by atoms with Crippen molar-refractivity contribution in [3.8, 4) is 0 Å². The van der Waals surface area contributed by atoms with Gasteiger partial charge in [0.1, 0.15) is 0 Å². The summed E-state index contributed by atoms with van der Waals surface area (Å²) in [7, 11) is 1.31. The second kappa shape index (κ2) is 7.40. The van der Waals surface area contributed by atoms with Crippen molar-refractivity contribution in [2.45, 2.75) is 0 Å². The van der Waals surface area contributed by atoms with E-state index in [1.807, 2.05) is 0 Å². The molecule has 0 spiro atoms. The Morgan fingerprint density at radius 3 is 1.39 bits per heavy atom. The van der Waals surface area contributed by atoms with Crippen LogP contribution < -0.4 is 15.9 Å². The molecule has 0 radical (unpaired) electrons. The third kappa shape index (κ3) is 2.73. The number of hydrogen-bond donors (Lipinski definition) is 0. The zero-order valence-corrected chi connectivity index (χ0v) is 17.2. The molecule has 134 valence electrons. The van der Waals surface area contributed by atoms with Crippen molar-refractivity contribution in [3.63, 3.8) is 0 Å². The maximum Gasteiger partial charge on any atom is 0.0194 e. The molecule has 2 heteroatoms. The van der Waals surface area contributed by atoms with Gasteiger partial charge >= 0.3 is 0 Å². The first-order valence-electron chi connectivity index (χ1n) is 9.47. The minimum absolute atomic E-state index is 1.31. The summed E-state index contributed by atoms with van der Waals surface area (Å²) in [6, 6.07) is 42.2. The quantitative estimate of drug-likeness (QED) is 0.416. The SMILES string of the molecule is C1=PC(=P(c2ccccc2)(c2ccccc2)c2ccccc2)c2ccccc21. The third-order valence-electron chi connectivity index (χ3n) is 5.28. The monoisotopic (exact) mass is 394 g/mol. The van der Waals surface area contributed by atoms with E-state index in [-0.39, 0.29) is 0 Å². The predicted octanol–water partition coefficient (Wildman–Crippen LogP) is 5.27. The molecule has 0 aliphatic carbocycles. The van der Waals surface area contributed by atoms with Crippen molar-refractivity contribution in [3.05, 3.63) is 126 Å². The van der Waals surface area contributed by atoms with Gasteiger partial charge in [-0.25, -0.2) is 0 Å². The molecule has 0 saturated heterocycles. The van der Waals surface area contributed by atoms with Gasteiger partial charge in [0.25, 0.3) is 0 Å². The maximum atomic E-state index is 2.37. The van der Waals surface area contributed by atoms with Gasteiger partial charge in [0.05, 0.1) is 0 Å². The topological polar surface area (TPSA) is 0 Å². The van der Waals surface area contributed by atoms with Crippen LogP contribution in [0.2, 0.25) is 0 Å². The van der Waals surface area contributed by atoms with E-state index in [1.165, 1.54) is 40.3 Å². The van der Waals surface area contributed by atoms with Crippen molar-refractivity contribution >= 4 is 41.8 Å². The van der Waals surface area contributed by atoms with Crippen LogP contribution in [0.15, 0.2) is 115 Å². The first kappa shape index (κ1) is 17.4. The lowest BCUT2D eigenvalue weighted by Gasteiger charge is -2.31. The molecule has 0 unspecified atom stereocenters. The van der Waals surface area contributed by atoms with Crippen molar-refractivity contribution in [1.29, 1.82) is 0 Å². The molecule has 0 nitrogen and oxygen atoms in total. The fourth-order valence-corrected chi connectivity index (χ4v) is 10.8. The lowest BCUT2D eigenvalue weighted by Crippen LogP contribution is -2.29. The summed E-state index contributed by atoms with van der Waals surface area (Å²) in [4.78, 5) is 0. The summed E-state index contributed by atoms with van der Waals surface area (Å²) in [5, 5.41) is 5.78. The van der Waals surface area contributed by atoms with Crippen molar-refractivity contribution in [2.75, 3.05) is 0 Å². The molecule has 0 bridgehead atoms. The Labute approximate surface area is 168 Å². The highest BCUT2D eigenvalue weighted by molar-refractivity contribution is 8.03. The first-order valence-corrected chi connectivity index (χ1v) is 12.2. The van der Waals surface area contributed by atoms with Gasteiger partial charge in [-0.1, -0.05) is 123 Å². The van der Waals surface area contributed by atoms with Crippen LogP contribution in [-0.4, -0.2) is 10.8 Å². The average molecular weight is 394 g/mol. The Balaban J connectivity index is 2.02. The van der Waals surface area contributed by atoms with Gasteiger partial charge in [0.2, 0.25) is 0 Å². The molecule has 0 saturated carbocycles. The van der Waals surface area contributed by atoms with E-state index in [4.69, 9.17) is 0 Å². The van der Waals surface area contributed by atoms with E-state index in [0.717, 1.165) is 0 Å². The normalized spacial score (nSPS) is 13.4. The standard InChI is InChI=1S/C26H20P2/c1-4-13-22(14-5-1)28(23-15-6-2-7-16-23,24-17-8-3-9-18-24)26-25-19-11-10-12-21(25)20-27-26/h1-20H. The molecule has 0 fully saturated rings. The van der Waals surface area contributed by atoms with E-state index in [0.29, 0.717) is 0 Å². The summed E-state index contributed by atoms with van der Waals surface area (Å²) in [6.07, 6.45) is 0. The van der Waals surface area contributed by atoms with Gasteiger partial charge < -0.3 is 0 Å². The maximum absolute atomic E-state index is 2.37. The molecular formula is C26H20P2. The average Bonchev–Trinajstić information content (AvgIpc) is 3.21. The predicted molar refractivity (Wildman–Crippen MR) is 128 cm³/mol. The minimum Gasteiger partial charge on any atom is -0.0660 e. The molecule has 0 amide bonds. The summed E-state index contributed by atoms with van der Waals surface area (Å²) >= 11 is 0. The highest BCUT2D eigenvalue weighted by Gasteiger charge is 2.31. The Morgan fingerprint density at radius 1 is 0.464 bits per heavy atom. The Hall–Kier alpha value is -2.65. The van der Waals surface area contributed by atoms with E-state index in [9.17, 15) is 0 Å². The highest BCUT2D eigenvalue weighted by Crippen LogP contribution is 2.51. The number of fused-ring (bicyclic) bond motifs is 1. The Morgan fingerprint density at radius 2 is 0.893 bits per heavy atom. The molecule has 0 atom stereocenters. The van der Waals surface area contributed by atoms with Crippen LogP contribution in [-0.2, 0) is 0 Å². The smallest absolute Gasteiger partial charge is 0.0194 e. The summed E-state index contributed by atoms with van der Waals surface area (Å²) < 4.78 is 0. The lowest BCUT2D eigenvalue weighted by atomic mass is 10.1. The first-order chi connectivity index (χ1) is 13.9. The molecule has 0 N–H and O–H groups in total. The van der Waals surface area contributed by atoms with Crippen LogP contribution in [0.4, 0.5) is 0 Å². The second-order valence-electron chi connectivity index (χ2n) is 6.85. The zero-order valence-electron chi connectivity index (χ0n) is 15.4. The lowest BCUT2D eigenvalue weighted by molar-refractivity contribution is 1.66. The largest absolute Gasteiger partial charge is 0.0660 e. The molecule has 0 aromatic heterocycles. The fourth-order valence-electron chi connectivity index (χ4n) is 4.05. The molecule has 5 rings (SSSR count). The number of hydrogen-bond acceptors (Lipinski definition) is 0. The van der Waals surface area contributed by atoms with E-state index in [2.05, 4.69) is 121 Å². The van der Waals surface area contributed by atoms with E-state index >= 15 is 0 Å². The molecule has 1 aliphatic heterocycles. The van der Waals surface area contributed by atoms with Crippen LogP contribution >= 0.6 is 15.1 Å². The summed E-state index contributed by atoms with van der Waals surface area (Å²) in [5.41, 5.74) is 2.75. The van der Waals surface area contributed by atoms with Gasteiger partial charge in [0.15, 0.2) is 0 Å². The molecule has 4 aromatic rings. The van der Waals surface area contributed by atoms with Crippen LogP contribution in [0.5, 0.6) is 0 Å². The van der Waals surface area contributed by atoms with Gasteiger partial charge in [-0.15, -0.1) is 0 Å². The van der Waals surface area contributed by atoms with Crippen LogP contribution in [0.1, 0.15) is 11.1 Å². The number of rotatable bonds is 3. The molecule has 1 aliphatic rings. The van der Waals surface area contributed by atoms with E-state index < -0.39 is 6.89 Å². The van der Waals surface area contributed by atoms with Crippen LogP contribution in [0.3, 0.4) is 0 Å². The van der Waals surface area contributed by atoms with Gasteiger partial charge in [0, 0.05) is 5.03 Å². The second-order valence-corrected chi connectivity index (χ2v) is 11.5. The third-order valence-corrected chi connectivity index (χ3v) is 11.5. The van der Waals surface area contributed by atoms with Crippen LogP contribution in [0, 0.1) is 0 Å². The Bertz CT molecular complexity index is 1090. The van der Waals surface area contributed by atoms with Crippen LogP contribution in [0.25, 0.3) is 0 Å². The van der Waals surface area contributed by atoms with Gasteiger partial charge in [-0.3, -0.25) is 0 Å². The Kier molecular flexibility index (Phi) is 4.61. The van der Waals surface area contributed by atoms with Crippen molar-refractivity contribution in [2.24, 2.45) is 0 Å². The van der Waals surface area contributed by atoms with Gasteiger partial charge in [-0.05, 0) is 39.7 Å². The van der Waals surface area contributed by atoms with Gasteiger partial charge in [-0.2, -0.15) is 0 Å². The van der Waals surface area contributed by atoms with Crippen molar-refractivity contribution in [1.82, 2.24) is 0 Å². The molecule has 28 heavy (non-hydrogen) atoms. The highest BCUT2D eigenvalue weighted by atomic mass is 31.2. The zero-order chi connectivity index (χ0) is 18.8. The minimum atomic E-state index is -1.96. The number of benzene rings is 4. The van der Waals surface area contributed by atoms with E-state index in [1.54, 1.807) is 0 Å². The summed E-state index contributed by atoms with van der Waals surface area (Å²) in [5.74, 6) is 2.37. The van der Waals surface area contributed by atoms with Crippen molar-refractivity contribution < 1.29 is 0 Å². The molecule has 1 heterocycles.